The lowest BCUT2D eigenvalue weighted by atomic mass is 9.98. The molecule has 0 unspecified atom stereocenters. The van der Waals surface area contributed by atoms with Gasteiger partial charge in [-0.2, -0.15) is 0 Å². The molecule has 0 saturated carbocycles. The Labute approximate surface area is 360 Å². The van der Waals surface area contributed by atoms with Crippen LogP contribution in [0.3, 0.4) is 0 Å². The Balaban J connectivity index is 1.06. The van der Waals surface area contributed by atoms with Crippen molar-refractivity contribution >= 4 is 55.9 Å². The summed E-state index contributed by atoms with van der Waals surface area (Å²) in [4.78, 5) is 4.84. The van der Waals surface area contributed by atoms with E-state index in [1.165, 1.54) is 66.6 Å². The molecule has 290 valence electrons. The lowest BCUT2D eigenvalue weighted by molar-refractivity contribution is 1.10. The number of hydrogen-bond acceptors (Lipinski definition) is 2. The molecule has 0 saturated heterocycles. The van der Waals surface area contributed by atoms with Crippen molar-refractivity contribution in [2.24, 2.45) is 0 Å². The van der Waals surface area contributed by atoms with Crippen LogP contribution in [0.4, 0.5) is 34.1 Å². The van der Waals surface area contributed by atoms with Crippen molar-refractivity contribution in [1.29, 1.82) is 0 Å². The fraction of sp³-hybridized carbons (Fsp3) is 0. The maximum absolute atomic E-state index is 2.48. The van der Waals surface area contributed by atoms with Crippen LogP contribution in [0.15, 0.2) is 231 Å². The molecule has 62 heavy (non-hydrogen) atoms. The second-order valence-electron chi connectivity index (χ2n) is 16.1. The Morgan fingerprint density at radius 1 is 0.226 bits per heavy atom. The standard InChI is InChI=1S/C58H38N4/c1-3-19-39(20-4-1)59-49-29-13-7-23-43(49)55-45-25-9-15-31-51(45)61(57(55)47-27-11-17-33-53(47)59)41-35-37-42(38-36-41)62-52-32-16-10-26-46(52)56-44-24-8-14-30-50(44)60(40-21-5-2-6-22-40)54-34-18-12-28-48(54)58(56)62/h1-38H. The van der Waals surface area contributed by atoms with Gasteiger partial charge >= 0.3 is 0 Å². The number of benzene rings is 9. The first-order chi connectivity index (χ1) is 30.8. The molecular formula is C58H38N4. The fourth-order valence-corrected chi connectivity index (χ4v) is 10.3. The summed E-state index contributed by atoms with van der Waals surface area (Å²) in [6, 6.07) is 84.0. The zero-order chi connectivity index (χ0) is 40.7. The zero-order valence-corrected chi connectivity index (χ0v) is 33.7. The summed E-state index contributed by atoms with van der Waals surface area (Å²) in [6.07, 6.45) is 0. The van der Waals surface area contributed by atoms with Gasteiger partial charge in [0, 0.05) is 66.9 Å². The maximum atomic E-state index is 2.48. The van der Waals surface area contributed by atoms with E-state index in [0.29, 0.717) is 0 Å². The Hall–Kier alpha value is -8.34. The van der Waals surface area contributed by atoms with Crippen LogP contribution in [-0.2, 0) is 0 Å². The summed E-state index contributed by atoms with van der Waals surface area (Å²) in [5, 5.41) is 2.45. The van der Waals surface area contributed by atoms with Crippen molar-refractivity contribution in [3.05, 3.63) is 231 Å². The molecule has 11 aromatic rings. The van der Waals surface area contributed by atoms with E-state index in [1.807, 2.05) is 0 Å². The molecule has 13 rings (SSSR count). The summed E-state index contributed by atoms with van der Waals surface area (Å²) < 4.78 is 4.96. The van der Waals surface area contributed by atoms with Gasteiger partial charge in [-0.05, 0) is 84.9 Å². The molecule has 0 fully saturated rings. The van der Waals surface area contributed by atoms with Crippen molar-refractivity contribution in [2.75, 3.05) is 9.80 Å². The van der Waals surface area contributed by atoms with Gasteiger partial charge in [-0.25, -0.2) is 0 Å². The molecule has 2 aliphatic heterocycles. The SMILES string of the molecule is c1ccc(N2c3ccccc3-c3c(n(-c4ccc(-n5c6c(c7ccccc75)-c5ccccc5N(c5ccccc5)c5ccccc5-6)cc4)c4ccccc34)-c3ccccc32)cc1. The summed E-state index contributed by atoms with van der Waals surface area (Å²) in [7, 11) is 0. The number of hydrogen-bond donors (Lipinski definition) is 0. The molecule has 0 bridgehead atoms. The average Bonchev–Trinajstić information content (AvgIpc) is 3.78. The van der Waals surface area contributed by atoms with Crippen LogP contribution in [0.25, 0.3) is 77.9 Å². The van der Waals surface area contributed by atoms with E-state index in [4.69, 9.17) is 0 Å². The number of rotatable bonds is 4. The van der Waals surface area contributed by atoms with Crippen LogP contribution >= 0.6 is 0 Å². The number of aromatic nitrogens is 2. The van der Waals surface area contributed by atoms with E-state index >= 15 is 0 Å². The van der Waals surface area contributed by atoms with Crippen LogP contribution in [-0.4, -0.2) is 9.13 Å². The highest BCUT2D eigenvalue weighted by molar-refractivity contribution is 6.14. The first-order valence-electron chi connectivity index (χ1n) is 21.3. The van der Waals surface area contributed by atoms with Gasteiger partial charge in [-0.3, -0.25) is 0 Å². The normalized spacial score (nSPS) is 12.5. The second kappa shape index (κ2) is 13.6. The Morgan fingerprint density at radius 2 is 0.532 bits per heavy atom. The minimum Gasteiger partial charge on any atom is -0.309 e. The van der Waals surface area contributed by atoms with Gasteiger partial charge in [-0.1, -0.05) is 146 Å². The van der Waals surface area contributed by atoms with Gasteiger partial charge in [0.1, 0.15) is 0 Å². The molecule has 4 nitrogen and oxygen atoms in total. The number of para-hydroxylation sites is 8. The Bertz CT molecular complexity index is 3290. The van der Waals surface area contributed by atoms with Gasteiger partial charge in [0.15, 0.2) is 0 Å². The van der Waals surface area contributed by atoms with Gasteiger partial charge in [0.2, 0.25) is 0 Å². The minimum absolute atomic E-state index is 1.11. The van der Waals surface area contributed by atoms with E-state index in [1.54, 1.807) is 0 Å². The largest absolute Gasteiger partial charge is 0.309 e. The summed E-state index contributed by atoms with van der Waals surface area (Å²) in [5.74, 6) is 0. The molecule has 0 spiro atoms. The third-order valence-electron chi connectivity index (χ3n) is 12.8. The first kappa shape index (κ1) is 34.5. The molecule has 0 amide bonds. The van der Waals surface area contributed by atoms with Crippen molar-refractivity contribution in [2.45, 2.75) is 0 Å². The third kappa shape index (κ3) is 4.95. The highest BCUT2D eigenvalue weighted by Gasteiger charge is 2.33. The van der Waals surface area contributed by atoms with Crippen LogP contribution in [0.5, 0.6) is 0 Å². The van der Waals surface area contributed by atoms with Crippen LogP contribution in [0.2, 0.25) is 0 Å². The molecule has 4 heterocycles. The Morgan fingerprint density at radius 3 is 0.935 bits per heavy atom. The second-order valence-corrected chi connectivity index (χ2v) is 16.1. The maximum Gasteiger partial charge on any atom is 0.0641 e. The molecule has 0 atom stereocenters. The van der Waals surface area contributed by atoms with E-state index in [9.17, 15) is 0 Å². The number of nitrogens with zero attached hydrogens (tertiary/aromatic N) is 4. The monoisotopic (exact) mass is 790 g/mol. The minimum atomic E-state index is 1.11. The van der Waals surface area contributed by atoms with Crippen molar-refractivity contribution in [3.63, 3.8) is 0 Å². The fourth-order valence-electron chi connectivity index (χ4n) is 10.3. The summed E-state index contributed by atoms with van der Waals surface area (Å²) in [5.41, 5.74) is 21.1. The third-order valence-corrected chi connectivity index (χ3v) is 12.8. The molecule has 2 aromatic heterocycles. The molecule has 0 N–H and O–H groups in total. The smallest absolute Gasteiger partial charge is 0.0641 e. The van der Waals surface area contributed by atoms with Gasteiger partial charge < -0.3 is 18.9 Å². The summed E-state index contributed by atoms with van der Waals surface area (Å²) >= 11 is 0. The van der Waals surface area contributed by atoms with E-state index in [0.717, 1.165) is 45.5 Å². The average molecular weight is 791 g/mol. The number of anilines is 6. The number of fused-ring (bicyclic) bond motifs is 14. The molecule has 4 heteroatoms. The van der Waals surface area contributed by atoms with Crippen LogP contribution in [0.1, 0.15) is 0 Å². The topological polar surface area (TPSA) is 16.3 Å². The van der Waals surface area contributed by atoms with Gasteiger partial charge in [-0.15, -0.1) is 0 Å². The van der Waals surface area contributed by atoms with E-state index < -0.39 is 0 Å². The first-order valence-corrected chi connectivity index (χ1v) is 21.3. The molecule has 0 radical (unpaired) electrons. The van der Waals surface area contributed by atoms with E-state index in [-0.39, 0.29) is 0 Å². The lowest BCUT2D eigenvalue weighted by Gasteiger charge is -2.27. The van der Waals surface area contributed by atoms with Gasteiger partial charge in [0.25, 0.3) is 0 Å². The van der Waals surface area contributed by atoms with Crippen molar-refractivity contribution in [1.82, 2.24) is 9.13 Å². The lowest BCUT2D eigenvalue weighted by Crippen LogP contribution is -2.11. The van der Waals surface area contributed by atoms with Crippen LogP contribution in [0, 0.1) is 0 Å². The molecule has 2 aliphatic rings. The predicted molar refractivity (Wildman–Crippen MR) is 258 cm³/mol. The predicted octanol–water partition coefficient (Wildman–Crippen LogP) is 15.8. The van der Waals surface area contributed by atoms with Crippen molar-refractivity contribution in [3.8, 4) is 56.1 Å². The highest BCUT2D eigenvalue weighted by Crippen LogP contribution is 2.56. The Kier molecular flexibility index (Phi) is 7.57. The quantitative estimate of drug-likeness (QED) is 0.177. The van der Waals surface area contributed by atoms with E-state index in [2.05, 4.69) is 249 Å². The van der Waals surface area contributed by atoms with Gasteiger partial charge in [0.05, 0.1) is 45.2 Å². The van der Waals surface area contributed by atoms with Crippen LogP contribution < -0.4 is 9.80 Å². The molecule has 9 aromatic carbocycles. The molecular weight excluding hydrogens is 753 g/mol. The van der Waals surface area contributed by atoms with Crippen molar-refractivity contribution < 1.29 is 0 Å². The highest BCUT2D eigenvalue weighted by atomic mass is 15.2. The zero-order valence-electron chi connectivity index (χ0n) is 33.7. The molecule has 0 aliphatic carbocycles. The summed E-state index contributed by atoms with van der Waals surface area (Å²) in [6.45, 7) is 0.